The molecule has 0 aliphatic heterocycles. The van der Waals surface area contributed by atoms with E-state index in [-0.39, 0.29) is 5.17 Å². The standard InChI is InChI=1S/C12H18N2S/c1-8-6-9(2)11(10(3)7-8)4-5-15-12(13)14/h6-7H,4-5H2,1-3H3,(H3,13,14). The highest BCUT2D eigenvalue weighted by molar-refractivity contribution is 8.13. The van der Waals surface area contributed by atoms with Gasteiger partial charge in [-0.05, 0) is 43.9 Å². The van der Waals surface area contributed by atoms with Crippen LogP contribution in [0.3, 0.4) is 0 Å². The van der Waals surface area contributed by atoms with E-state index in [1.54, 1.807) is 0 Å². The highest BCUT2D eigenvalue weighted by atomic mass is 32.2. The fourth-order valence-corrected chi connectivity index (χ4v) is 2.39. The molecule has 3 heteroatoms. The van der Waals surface area contributed by atoms with Crippen molar-refractivity contribution in [2.75, 3.05) is 5.75 Å². The lowest BCUT2D eigenvalue weighted by molar-refractivity contribution is 1.09. The second-order valence-electron chi connectivity index (χ2n) is 3.84. The van der Waals surface area contributed by atoms with Gasteiger partial charge in [-0.3, -0.25) is 5.41 Å². The quantitative estimate of drug-likeness (QED) is 0.610. The number of hydrogen-bond acceptors (Lipinski definition) is 2. The molecule has 0 aromatic heterocycles. The van der Waals surface area contributed by atoms with Crippen LogP contribution in [0.25, 0.3) is 0 Å². The van der Waals surface area contributed by atoms with Crippen LogP contribution < -0.4 is 5.73 Å². The number of hydrogen-bond donors (Lipinski definition) is 2. The van der Waals surface area contributed by atoms with Crippen LogP contribution in [-0.2, 0) is 6.42 Å². The maximum absolute atomic E-state index is 7.14. The molecule has 0 fully saturated rings. The molecule has 2 nitrogen and oxygen atoms in total. The van der Waals surface area contributed by atoms with Gasteiger partial charge in [0.25, 0.3) is 0 Å². The molecule has 0 heterocycles. The summed E-state index contributed by atoms with van der Waals surface area (Å²) < 4.78 is 0. The summed E-state index contributed by atoms with van der Waals surface area (Å²) in [5, 5.41) is 7.35. The van der Waals surface area contributed by atoms with Gasteiger partial charge in [-0.1, -0.05) is 29.5 Å². The van der Waals surface area contributed by atoms with Crippen LogP contribution in [0.15, 0.2) is 12.1 Å². The number of amidine groups is 1. The second kappa shape index (κ2) is 5.21. The zero-order valence-electron chi connectivity index (χ0n) is 9.55. The Labute approximate surface area is 95.8 Å². The third-order valence-electron chi connectivity index (χ3n) is 2.45. The van der Waals surface area contributed by atoms with E-state index in [1.807, 2.05) is 0 Å². The molecule has 82 valence electrons. The van der Waals surface area contributed by atoms with Gasteiger partial charge < -0.3 is 5.73 Å². The van der Waals surface area contributed by atoms with Gasteiger partial charge in [0.1, 0.15) is 0 Å². The Kier molecular flexibility index (Phi) is 4.21. The summed E-state index contributed by atoms with van der Waals surface area (Å²) in [5.41, 5.74) is 10.7. The molecule has 3 N–H and O–H groups in total. The summed E-state index contributed by atoms with van der Waals surface area (Å²) in [7, 11) is 0. The molecule has 15 heavy (non-hydrogen) atoms. The van der Waals surface area contributed by atoms with Crippen molar-refractivity contribution in [3.63, 3.8) is 0 Å². The molecule has 0 atom stereocenters. The Morgan fingerprint density at radius 3 is 2.27 bits per heavy atom. The van der Waals surface area contributed by atoms with E-state index in [2.05, 4.69) is 32.9 Å². The van der Waals surface area contributed by atoms with Crippen LogP contribution in [0.1, 0.15) is 22.3 Å². The van der Waals surface area contributed by atoms with Crippen molar-refractivity contribution in [2.24, 2.45) is 5.73 Å². The lowest BCUT2D eigenvalue weighted by atomic mass is 9.98. The van der Waals surface area contributed by atoms with Crippen LogP contribution in [0.4, 0.5) is 0 Å². The Morgan fingerprint density at radius 2 is 1.80 bits per heavy atom. The van der Waals surface area contributed by atoms with Crippen molar-refractivity contribution in [2.45, 2.75) is 27.2 Å². The molecule has 0 saturated heterocycles. The first-order valence-electron chi connectivity index (χ1n) is 5.04. The van der Waals surface area contributed by atoms with Crippen LogP contribution in [0.5, 0.6) is 0 Å². The Morgan fingerprint density at radius 1 is 1.27 bits per heavy atom. The maximum atomic E-state index is 7.14. The zero-order chi connectivity index (χ0) is 11.4. The molecule has 1 aromatic carbocycles. The predicted octanol–water partition coefficient (Wildman–Crippen LogP) is 2.78. The third kappa shape index (κ3) is 3.59. The molecular weight excluding hydrogens is 204 g/mol. The monoisotopic (exact) mass is 222 g/mol. The summed E-state index contributed by atoms with van der Waals surface area (Å²) >= 11 is 1.41. The van der Waals surface area contributed by atoms with Crippen molar-refractivity contribution in [3.8, 4) is 0 Å². The Balaban J connectivity index is 2.72. The number of benzene rings is 1. The highest BCUT2D eigenvalue weighted by Crippen LogP contribution is 2.18. The van der Waals surface area contributed by atoms with Gasteiger partial charge in [0.15, 0.2) is 5.17 Å². The van der Waals surface area contributed by atoms with Crippen molar-refractivity contribution in [3.05, 3.63) is 34.4 Å². The largest absolute Gasteiger partial charge is 0.379 e. The van der Waals surface area contributed by atoms with E-state index in [1.165, 1.54) is 34.0 Å². The van der Waals surface area contributed by atoms with Gasteiger partial charge in [-0.2, -0.15) is 0 Å². The Hall–Kier alpha value is -0.960. The number of nitrogens with two attached hydrogens (primary N) is 1. The van der Waals surface area contributed by atoms with Gasteiger partial charge in [0, 0.05) is 5.75 Å². The van der Waals surface area contributed by atoms with E-state index >= 15 is 0 Å². The summed E-state index contributed by atoms with van der Waals surface area (Å²) in [6.45, 7) is 6.41. The number of nitrogens with one attached hydrogen (secondary N) is 1. The summed E-state index contributed by atoms with van der Waals surface area (Å²) in [4.78, 5) is 0. The van der Waals surface area contributed by atoms with Crippen LogP contribution in [-0.4, -0.2) is 10.9 Å². The molecule has 0 radical (unpaired) electrons. The van der Waals surface area contributed by atoms with Gasteiger partial charge in [0.2, 0.25) is 0 Å². The van der Waals surface area contributed by atoms with Gasteiger partial charge in [-0.15, -0.1) is 0 Å². The summed E-state index contributed by atoms with van der Waals surface area (Å²) in [6, 6.07) is 4.42. The SMILES string of the molecule is Cc1cc(C)c(CCSC(=N)N)c(C)c1. The number of rotatable bonds is 3. The summed E-state index contributed by atoms with van der Waals surface area (Å²) in [5.74, 6) is 0.889. The van der Waals surface area contributed by atoms with Gasteiger partial charge >= 0.3 is 0 Å². The Bertz CT molecular complexity index is 349. The van der Waals surface area contributed by atoms with Gasteiger partial charge in [0.05, 0.1) is 0 Å². The second-order valence-corrected chi connectivity index (χ2v) is 4.98. The minimum Gasteiger partial charge on any atom is -0.379 e. The number of aryl methyl sites for hydroxylation is 3. The first-order chi connectivity index (χ1) is 7.00. The molecule has 0 amide bonds. The van der Waals surface area contributed by atoms with Crippen molar-refractivity contribution in [1.82, 2.24) is 0 Å². The van der Waals surface area contributed by atoms with Crippen molar-refractivity contribution in [1.29, 1.82) is 5.41 Å². The smallest absolute Gasteiger partial charge is 0.151 e. The maximum Gasteiger partial charge on any atom is 0.151 e. The molecule has 0 bridgehead atoms. The lowest BCUT2D eigenvalue weighted by Gasteiger charge is -2.10. The van der Waals surface area contributed by atoms with Crippen LogP contribution >= 0.6 is 11.8 Å². The van der Waals surface area contributed by atoms with E-state index in [0.29, 0.717) is 0 Å². The van der Waals surface area contributed by atoms with Gasteiger partial charge in [-0.25, -0.2) is 0 Å². The fourth-order valence-electron chi connectivity index (χ4n) is 1.87. The van der Waals surface area contributed by atoms with Crippen molar-refractivity contribution >= 4 is 16.9 Å². The van der Waals surface area contributed by atoms with E-state index in [4.69, 9.17) is 11.1 Å². The molecule has 1 rings (SSSR count). The topological polar surface area (TPSA) is 49.9 Å². The zero-order valence-corrected chi connectivity index (χ0v) is 10.4. The molecule has 0 aliphatic rings. The summed E-state index contributed by atoms with van der Waals surface area (Å²) in [6.07, 6.45) is 0.988. The first kappa shape index (κ1) is 12.1. The van der Waals surface area contributed by atoms with E-state index in [0.717, 1.165) is 12.2 Å². The molecule has 0 aliphatic carbocycles. The first-order valence-corrected chi connectivity index (χ1v) is 6.03. The van der Waals surface area contributed by atoms with Crippen molar-refractivity contribution < 1.29 is 0 Å². The van der Waals surface area contributed by atoms with E-state index in [9.17, 15) is 0 Å². The molecular formula is C12H18N2S. The molecule has 0 unspecified atom stereocenters. The molecule has 0 saturated carbocycles. The predicted molar refractivity (Wildman–Crippen MR) is 68.7 cm³/mol. The normalized spacial score (nSPS) is 10.3. The average Bonchev–Trinajstić information content (AvgIpc) is 2.08. The molecule has 0 spiro atoms. The highest BCUT2D eigenvalue weighted by Gasteiger charge is 2.03. The third-order valence-corrected chi connectivity index (χ3v) is 3.17. The fraction of sp³-hybridized carbons (Fsp3) is 0.417. The van der Waals surface area contributed by atoms with Crippen LogP contribution in [0, 0.1) is 26.2 Å². The van der Waals surface area contributed by atoms with E-state index < -0.39 is 0 Å². The lowest BCUT2D eigenvalue weighted by Crippen LogP contribution is -2.06. The minimum absolute atomic E-state index is 0.206. The molecule has 1 aromatic rings. The minimum atomic E-state index is 0.206. The van der Waals surface area contributed by atoms with Crippen LogP contribution in [0.2, 0.25) is 0 Å². The average molecular weight is 222 g/mol. The number of thioether (sulfide) groups is 1.